The number of hydrogen-bond donors (Lipinski definition) is 2. The summed E-state index contributed by atoms with van der Waals surface area (Å²) in [5, 5.41) is 6.05. The minimum atomic E-state index is -0.142. The number of hydrogen-bond acceptors (Lipinski definition) is 2. The van der Waals surface area contributed by atoms with Gasteiger partial charge in [0.15, 0.2) is 0 Å². The van der Waals surface area contributed by atoms with E-state index in [2.05, 4.69) is 17.6 Å². The van der Waals surface area contributed by atoms with E-state index < -0.39 is 0 Å². The molecule has 23 heavy (non-hydrogen) atoms. The van der Waals surface area contributed by atoms with Gasteiger partial charge in [0.1, 0.15) is 0 Å². The van der Waals surface area contributed by atoms with Gasteiger partial charge in [0.2, 0.25) is 5.91 Å². The monoisotopic (exact) mass is 315 g/mol. The van der Waals surface area contributed by atoms with Crippen molar-refractivity contribution in [2.24, 2.45) is 5.92 Å². The second kappa shape index (κ2) is 7.02. The van der Waals surface area contributed by atoms with Crippen molar-refractivity contribution in [3.8, 4) is 0 Å². The summed E-state index contributed by atoms with van der Waals surface area (Å²) in [4.78, 5) is 26.1. The SMILES string of the molecule is CC1CCCCC1NC(=O)NC1CC(=O)N(c2ccccc2)C1. The van der Waals surface area contributed by atoms with Crippen LogP contribution in [0.5, 0.6) is 0 Å². The maximum absolute atomic E-state index is 12.2. The topological polar surface area (TPSA) is 61.4 Å². The van der Waals surface area contributed by atoms with Crippen molar-refractivity contribution < 1.29 is 9.59 Å². The summed E-state index contributed by atoms with van der Waals surface area (Å²) >= 11 is 0. The summed E-state index contributed by atoms with van der Waals surface area (Å²) < 4.78 is 0. The van der Waals surface area contributed by atoms with Gasteiger partial charge in [-0.05, 0) is 30.9 Å². The van der Waals surface area contributed by atoms with E-state index in [1.807, 2.05) is 30.3 Å². The van der Waals surface area contributed by atoms with Crippen LogP contribution in [0.3, 0.4) is 0 Å². The Kier molecular flexibility index (Phi) is 4.84. The van der Waals surface area contributed by atoms with Crippen LogP contribution in [0.2, 0.25) is 0 Å². The molecule has 0 bridgehead atoms. The summed E-state index contributed by atoms with van der Waals surface area (Å²) in [6, 6.07) is 9.59. The van der Waals surface area contributed by atoms with Crippen molar-refractivity contribution in [3.05, 3.63) is 30.3 Å². The van der Waals surface area contributed by atoms with Crippen LogP contribution in [0.15, 0.2) is 30.3 Å². The first-order valence-corrected chi connectivity index (χ1v) is 8.56. The van der Waals surface area contributed by atoms with Crippen LogP contribution in [0.25, 0.3) is 0 Å². The number of nitrogens with zero attached hydrogens (tertiary/aromatic N) is 1. The van der Waals surface area contributed by atoms with Crippen LogP contribution < -0.4 is 15.5 Å². The number of urea groups is 1. The molecule has 2 fully saturated rings. The Morgan fingerprint density at radius 3 is 2.61 bits per heavy atom. The number of rotatable bonds is 3. The van der Waals surface area contributed by atoms with Gasteiger partial charge in [0.05, 0.1) is 6.04 Å². The van der Waals surface area contributed by atoms with Gasteiger partial charge in [-0.3, -0.25) is 4.79 Å². The largest absolute Gasteiger partial charge is 0.335 e. The van der Waals surface area contributed by atoms with Crippen LogP contribution in [0.1, 0.15) is 39.0 Å². The fraction of sp³-hybridized carbons (Fsp3) is 0.556. The molecule has 0 spiro atoms. The molecule has 1 heterocycles. The highest BCUT2D eigenvalue weighted by Gasteiger charge is 2.32. The lowest BCUT2D eigenvalue weighted by Gasteiger charge is -2.30. The van der Waals surface area contributed by atoms with Crippen molar-refractivity contribution in [1.29, 1.82) is 0 Å². The molecular formula is C18H25N3O2. The number of benzene rings is 1. The highest BCUT2D eigenvalue weighted by Crippen LogP contribution is 2.24. The Bertz CT molecular complexity index is 561. The third kappa shape index (κ3) is 3.84. The predicted octanol–water partition coefficient (Wildman–Crippen LogP) is 2.67. The summed E-state index contributed by atoms with van der Waals surface area (Å²) in [6.45, 7) is 2.73. The number of amides is 3. The van der Waals surface area contributed by atoms with Gasteiger partial charge in [-0.15, -0.1) is 0 Å². The van der Waals surface area contributed by atoms with Crippen LogP contribution >= 0.6 is 0 Å². The van der Waals surface area contributed by atoms with Gasteiger partial charge in [0, 0.05) is 24.7 Å². The first-order chi connectivity index (χ1) is 11.1. The fourth-order valence-electron chi connectivity index (χ4n) is 3.59. The number of anilines is 1. The van der Waals surface area contributed by atoms with Gasteiger partial charge >= 0.3 is 6.03 Å². The van der Waals surface area contributed by atoms with E-state index in [1.54, 1.807) is 4.90 Å². The Morgan fingerprint density at radius 2 is 1.87 bits per heavy atom. The Morgan fingerprint density at radius 1 is 1.13 bits per heavy atom. The van der Waals surface area contributed by atoms with Gasteiger partial charge < -0.3 is 15.5 Å². The highest BCUT2D eigenvalue weighted by atomic mass is 16.2. The molecule has 0 radical (unpaired) electrons. The normalized spacial score (nSPS) is 27.8. The van der Waals surface area contributed by atoms with Crippen molar-refractivity contribution >= 4 is 17.6 Å². The van der Waals surface area contributed by atoms with E-state index in [0.717, 1.165) is 12.1 Å². The summed E-state index contributed by atoms with van der Waals surface area (Å²) in [6.07, 6.45) is 5.02. The lowest BCUT2D eigenvalue weighted by Crippen LogP contribution is -2.49. The summed E-state index contributed by atoms with van der Waals surface area (Å²) in [5.74, 6) is 0.591. The first kappa shape index (κ1) is 15.8. The molecule has 5 nitrogen and oxygen atoms in total. The minimum Gasteiger partial charge on any atom is -0.335 e. The number of carbonyl (C=O) groups excluding carboxylic acids is 2. The van der Waals surface area contributed by atoms with E-state index in [9.17, 15) is 9.59 Å². The van der Waals surface area contributed by atoms with E-state index in [1.165, 1.54) is 19.3 Å². The molecule has 1 aromatic carbocycles. The van der Waals surface area contributed by atoms with Gasteiger partial charge in [-0.2, -0.15) is 0 Å². The third-order valence-electron chi connectivity index (χ3n) is 4.96. The number of carbonyl (C=O) groups is 2. The highest BCUT2D eigenvalue weighted by molar-refractivity contribution is 5.96. The summed E-state index contributed by atoms with van der Waals surface area (Å²) in [5.41, 5.74) is 0.892. The average Bonchev–Trinajstić information content (AvgIpc) is 2.91. The molecule has 1 aliphatic heterocycles. The van der Waals surface area contributed by atoms with Crippen molar-refractivity contribution in [3.63, 3.8) is 0 Å². The van der Waals surface area contributed by atoms with E-state index >= 15 is 0 Å². The molecule has 1 aliphatic carbocycles. The van der Waals surface area contributed by atoms with Crippen molar-refractivity contribution in [1.82, 2.24) is 10.6 Å². The molecule has 1 saturated heterocycles. The Balaban J connectivity index is 1.53. The summed E-state index contributed by atoms with van der Waals surface area (Å²) in [7, 11) is 0. The third-order valence-corrected chi connectivity index (χ3v) is 4.96. The van der Waals surface area contributed by atoms with Crippen molar-refractivity contribution in [2.75, 3.05) is 11.4 Å². The van der Waals surface area contributed by atoms with Crippen LogP contribution in [-0.2, 0) is 4.79 Å². The lowest BCUT2D eigenvalue weighted by molar-refractivity contribution is -0.117. The van der Waals surface area contributed by atoms with E-state index in [0.29, 0.717) is 18.9 Å². The zero-order chi connectivity index (χ0) is 16.2. The van der Waals surface area contributed by atoms with Crippen LogP contribution in [0.4, 0.5) is 10.5 Å². The second-order valence-corrected chi connectivity index (χ2v) is 6.73. The average molecular weight is 315 g/mol. The first-order valence-electron chi connectivity index (χ1n) is 8.56. The minimum absolute atomic E-state index is 0.0625. The van der Waals surface area contributed by atoms with E-state index in [4.69, 9.17) is 0 Å². The van der Waals surface area contributed by atoms with Gasteiger partial charge in [0.25, 0.3) is 0 Å². The zero-order valence-corrected chi connectivity index (χ0v) is 13.6. The molecule has 3 unspecified atom stereocenters. The fourth-order valence-corrected chi connectivity index (χ4v) is 3.59. The van der Waals surface area contributed by atoms with Crippen LogP contribution in [-0.4, -0.2) is 30.6 Å². The lowest BCUT2D eigenvalue weighted by atomic mass is 9.86. The molecule has 0 aromatic heterocycles. The zero-order valence-electron chi connectivity index (χ0n) is 13.6. The maximum atomic E-state index is 12.2. The van der Waals surface area contributed by atoms with Gasteiger partial charge in [-0.25, -0.2) is 4.79 Å². The number of para-hydroxylation sites is 1. The second-order valence-electron chi connectivity index (χ2n) is 6.73. The molecule has 1 aromatic rings. The van der Waals surface area contributed by atoms with Gasteiger partial charge in [-0.1, -0.05) is 38.0 Å². The predicted molar refractivity (Wildman–Crippen MR) is 90.3 cm³/mol. The molecule has 3 atom stereocenters. The maximum Gasteiger partial charge on any atom is 0.315 e. The molecule has 3 amide bonds. The smallest absolute Gasteiger partial charge is 0.315 e. The Labute approximate surface area is 137 Å². The van der Waals surface area contributed by atoms with E-state index in [-0.39, 0.29) is 24.0 Å². The molecule has 2 N–H and O–H groups in total. The van der Waals surface area contributed by atoms with Crippen LogP contribution in [0, 0.1) is 5.92 Å². The number of nitrogens with one attached hydrogen (secondary N) is 2. The molecular weight excluding hydrogens is 290 g/mol. The molecule has 5 heteroatoms. The molecule has 2 aliphatic rings. The molecule has 124 valence electrons. The molecule has 1 saturated carbocycles. The van der Waals surface area contributed by atoms with Crippen molar-refractivity contribution in [2.45, 2.75) is 51.1 Å². The molecule has 3 rings (SSSR count). The quantitative estimate of drug-likeness (QED) is 0.901. The standard InChI is InChI=1S/C18H25N3O2/c1-13-7-5-6-10-16(13)20-18(23)19-14-11-17(22)21(12-14)15-8-3-2-4-9-15/h2-4,8-9,13-14,16H,5-7,10-12H2,1H3,(H2,19,20,23). The Hall–Kier alpha value is -2.04.